The summed E-state index contributed by atoms with van der Waals surface area (Å²) in [5, 5.41) is 3.41. The molecule has 7 nitrogen and oxygen atoms in total. The number of aliphatic imine (C=N–C) groups is 3. The maximum absolute atomic E-state index is 15.3. The zero-order valence-corrected chi connectivity index (χ0v) is 20.2. The Bertz CT molecular complexity index is 947. The molecule has 182 valence electrons. The minimum absolute atomic E-state index is 0. The van der Waals surface area contributed by atoms with E-state index in [1.54, 1.807) is 19.2 Å². The Morgan fingerprint density at radius 2 is 2.09 bits per heavy atom. The summed E-state index contributed by atoms with van der Waals surface area (Å²) in [7, 11) is 1.76. The van der Waals surface area contributed by atoms with Crippen molar-refractivity contribution in [2.45, 2.75) is 70.6 Å². The van der Waals surface area contributed by atoms with Gasteiger partial charge in [-0.1, -0.05) is 20.8 Å². The number of nitrogens with one attached hydrogen (secondary N) is 1. The molecule has 2 aliphatic heterocycles. The summed E-state index contributed by atoms with van der Waals surface area (Å²) >= 11 is 0. The first-order valence-electron chi connectivity index (χ1n) is 11.7. The summed E-state index contributed by atoms with van der Waals surface area (Å²) in [6, 6.07) is 5.49. The fourth-order valence-electron chi connectivity index (χ4n) is 5.48. The molecule has 1 fully saturated rings. The van der Waals surface area contributed by atoms with E-state index in [2.05, 4.69) is 36.1 Å². The minimum Gasteiger partial charge on any atom is -0.412 e. The first kappa shape index (κ1) is 25.3. The number of fused-ring (bicyclic) bond motifs is 1. The number of halogens is 1. The van der Waals surface area contributed by atoms with Gasteiger partial charge in [0.05, 0.1) is 42.3 Å². The number of amidine groups is 1. The quantitative estimate of drug-likeness (QED) is 0.678. The van der Waals surface area contributed by atoms with Crippen LogP contribution in [0.4, 0.5) is 10.1 Å². The lowest BCUT2D eigenvalue weighted by Gasteiger charge is -2.54. The van der Waals surface area contributed by atoms with Crippen LogP contribution in [0.25, 0.3) is 0 Å². The summed E-state index contributed by atoms with van der Waals surface area (Å²) < 4.78 is 21.0. The molecule has 1 saturated carbocycles. The number of benzene rings is 1. The van der Waals surface area contributed by atoms with Crippen LogP contribution >= 0.6 is 0 Å². The van der Waals surface area contributed by atoms with E-state index < -0.39 is 5.54 Å². The van der Waals surface area contributed by atoms with Gasteiger partial charge in [-0.3, -0.25) is 15.0 Å². The van der Waals surface area contributed by atoms with Gasteiger partial charge in [0.1, 0.15) is 5.82 Å². The number of methoxy groups -OCH3 is 1. The molecule has 0 radical (unpaired) electrons. The van der Waals surface area contributed by atoms with Gasteiger partial charge in [-0.25, -0.2) is 4.39 Å². The van der Waals surface area contributed by atoms with Gasteiger partial charge in [0.15, 0.2) is 0 Å². The van der Waals surface area contributed by atoms with E-state index in [4.69, 9.17) is 15.5 Å². The monoisotopic (exact) mass is 459 g/mol. The third-order valence-corrected chi connectivity index (χ3v) is 7.66. The highest BCUT2D eigenvalue weighted by Crippen LogP contribution is 2.58. The van der Waals surface area contributed by atoms with Crippen LogP contribution in [-0.4, -0.2) is 55.6 Å². The van der Waals surface area contributed by atoms with E-state index in [-0.39, 0.29) is 28.9 Å². The van der Waals surface area contributed by atoms with Gasteiger partial charge >= 0.3 is 0 Å². The van der Waals surface area contributed by atoms with Crippen molar-refractivity contribution in [1.82, 2.24) is 0 Å². The lowest BCUT2D eigenvalue weighted by Crippen LogP contribution is -2.53. The fraction of sp³-hybridized carbons (Fsp3) is 0.640. The first-order valence-corrected chi connectivity index (χ1v) is 11.7. The van der Waals surface area contributed by atoms with Gasteiger partial charge in [0.2, 0.25) is 0 Å². The molecule has 0 saturated heterocycles. The van der Waals surface area contributed by atoms with Gasteiger partial charge in [-0.15, -0.1) is 0 Å². The molecule has 33 heavy (non-hydrogen) atoms. The molecule has 5 N–H and O–H groups in total. The molecular weight excluding hydrogens is 421 g/mol. The smallest absolute Gasteiger partial charge is 0.129 e. The molecule has 1 aromatic carbocycles. The average molecular weight is 460 g/mol. The van der Waals surface area contributed by atoms with Crippen LogP contribution in [0, 0.1) is 17.2 Å². The van der Waals surface area contributed by atoms with E-state index in [1.165, 1.54) is 0 Å². The van der Waals surface area contributed by atoms with Crippen molar-refractivity contribution < 1.29 is 14.6 Å². The Labute approximate surface area is 196 Å². The topological polar surface area (TPSA) is 116 Å². The van der Waals surface area contributed by atoms with Gasteiger partial charge in [0, 0.05) is 31.0 Å². The van der Waals surface area contributed by atoms with Crippen LogP contribution in [0.5, 0.6) is 0 Å². The molecular formula is C25H38FN5O2. The van der Waals surface area contributed by atoms with E-state index in [9.17, 15) is 0 Å². The third kappa shape index (κ3) is 4.82. The molecule has 0 bridgehead atoms. The molecule has 0 aromatic heterocycles. The first-order chi connectivity index (χ1) is 15.3. The third-order valence-electron chi connectivity index (χ3n) is 7.66. The molecule has 0 amide bonds. The molecule has 8 heteroatoms. The summed E-state index contributed by atoms with van der Waals surface area (Å²) in [6.07, 6.45) is 6.06. The van der Waals surface area contributed by atoms with Crippen LogP contribution in [0.15, 0.2) is 33.2 Å². The van der Waals surface area contributed by atoms with Crippen molar-refractivity contribution in [2.24, 2.45) is 32.0 Å². The number of nitrogens with zero attached hydrogens (tertiary/aromatic N) is 3. The van der Waals surface area contributed by atoms with Crippen LogP contribution in [0.3, 0.4) is 0 Å². The highest BCUT2D eigenvalue weighted by atomic mass is 19.1. The average Bonchev–Trinajstić information content (AvgIpc) is 2.78. The lowest BCUT2D eigenvalue weighted by atomic mass is 9.56. The molecule has 4 atom stereocenters. The number of anilines is 1. The minimum atomic E-state index is -0.666. The second-order valence-corrected chi connectivity index (χ2v) is 10.1. The van der Waals surface area contributed by atoms with Gasteiger partial charge in [0.25, 0.3) is 0 Å². The standard InChI is InChI=1S/C25H36FN5O.H2O/c1-16(2)22-15-29-18(14-30-22)13-28-17-5-6-21(26)20(11-17)25-10-7-19(32-4)12-24(25,3)9-8-23(27)31-25;/h5-6,11,14,16,19,22,28H,7-10,12-13,15H2,1-4H3,(H2,27,31);1H2/t19-,22?,24+,25+;/m0./s1. The molecule has 1 unspecified atom stereocenters. The zero-order chi connectivity index (χ0) is 22.9. The predicted octanol–water partition coefficient (Wildman–Crippen LogP) is 3.51. The van der Waals surface area contributed by atoms with E-state index in [1.807, 2.05) is 12.3 Å². The molecule has 3 aliphatic rings. The highest BCUT2D eigenvalue weighted by molar-refractivity contribution is 6.32. The van der Waals surface area contributed by atoms with Crippen LogP contribution in [0.1, 0.15) is 58.4 Å². The fourth-order valence-corrected chi connectivity index (χ4v) is 5.48. The number of hydrogen-bond acceptors (Lipinski definition) is 6. The second-order valence-electron chi connectivity index (χ2n) is 10.1. The van der Waals surface area contributed by atoms with E-state index >= 15 is 4.39 Å². The Kier molecular flexibility index (Phi) is 7.59. The van der Waals surface area contributed by atoms with Crippen LogP contribution < -0.4 is 11.1 Å². The zero-order valence-electron chi connectivity index (χ0n) is 20.2. The Hall–Kier alpha value is -2.32. The van der Waals surface area contributed by atoms with Crippen molar-refractivity contribution in [3.8, 4) is 0 Å². The summed E-state index contributed by atoms with van der Waals surface area (Å²) in [6.45, 7) is 7.81. The van der Waals surface area contributed by atoms with Crippen LogP contribution in [-0.2, 0) is 10.3 Å². The second kappa shape index (κ2) is 9.89. The van der Waals surface area contributed by atoms with Gasteiger partial charge in [-0.2, -0.15) is 0 Å². The van der Waals surface area contributed by atoms with E-state index in [0.29, 0.717) is 23.9 Å². The summed E-state index contributed by atoms with van der Waals surface area (Å²) in [5.74, 6) is 0.866. The Morgan fingerprint density at radius 1 is 1.30 bits per heavy atom. The van der Waals surface area contributed by atoms with Gasteiger partial charge in [-0.05, 0) is 55.2 Å². The molecule has 1 aliphatic carbocycles. The maximum atomic E-state index is 15.3. The lowest BCUT2D eigenvalue weighted by molar-refractivity contribution is -0.0380. The van der Waals surface area contributed by atoms with Crippen molar-refractivity contribution >= 4 is 23.4 Å². The number of ether oxygens (including phenoxy) is 1. The molecule has 2 heterocycles. The van der Waals surface area contributed by atoms with Gasteiger partial charge < -0.3 is 21.3 Å². The summed E-state index contributed by atoms with van der Waals surface area (Å²) in [5.41, 5.74) is 7.74. The predicted molar refractivity (Wildman–Crippen MR) is 133 cm³/mol. The van der Waals surface area contributed by atoms with Crippen molar-refractivity contribution in [1.29, 1.82) is 0 Å². The highest BCUT2D eigenvalue weighted by Gasteiger charge is 2.55. The van der Waals surface area contributed by atoms with Crippen LogP contribution in [0.2, 0.25) is 0 Å². The molecule has 0 spiro atoms. The van der Waals surface area contributed by atoms with Crippen molar-refractivity contribution in [2.75, 3.05) is 25.5 Å². The van der Waals surface area contributed by atoms with Crippen molar-refractivity contribution in [3.05, 3.63) is 29.6 Å². The number of rotatable bonds is 6. The van der Waals surface area contributed by atoms with Crippen molar-refractivity contribution in [3.63, 3.8) is 0 Å². The Balaban J connectivity index is 0.00000306. The number of hydrogen-bond donors (Lipinski definition) is 2. The molecule has 1 aromatic rings. The SMILES string of the molecule is CO[C@H]1CC[C@]2(c3cc(NCC4=NCC(C(C)C)N=C4)ccc3F)N=C(N)CC[C@]2(C)C1.O. The van der Waals surface area contributed by atoms with E-state index in [0.717, 1.165) is 50.0 Å². The Morgan fingerprint density at radius 3 is 2.76 bits per heavy atom. The summed E-state index contributed by atoms with van der Waals surface area (Å²) in [4.78, 5) is 14.2. The maximum Gasteiger partial charge on any atom is 0.129 e. The largest absolute Gasteiger partial charge is 0.412 e. The normalized spacial score (nSPS) is 31.3. The molecule has 4 rings (SSSR count). The number of nitrogens with two attached hydrogens (primary N) is 1.